The quantitative estimate of drug-likeness (QED) is 0.528. The molecule has 1 aromatic carbocycles. The van der Waals surface area contributed by atoms with Gasteiger partial charge in [-0.3, -0.25) is 9.59 Å². The molecule has 5 heteroatoms. The Morgan fingerprint density at radius 3 is 2.56 bits per heavy atom. The minimum absolute atomic E-state index is 0.0778. The number of benzene rings is 1. The molecule has 0 heterocycles. The second-order valence-electron chi connectivity index (χ2n) is 4.17. The summed E-state index contributed by atoms with van der Waals surface area (Å²) in [6.07, 6.45) is 0. The van der Waals surface area contributed by atoms with E-state index in [0.29, 0.717) is 18.8 Å². The first-order valence-corrected chi connectivity index (χ1v) is 5.88. The van der Waals surface area contributed by atoms with Crippen molar-refractivity contribution in [3.63, 3.8) is 0 Å². The Hall–Kier alpha value is -2.04. The van der Waals surface area contributed by atoms with Crippen molar-refractivity contribution in [1.82, 2.24) is 10.6 Å². The van der Waals surface area contributed by atoms with Crippen molar-refractivity contribution < 1.29 is 9.59 Å². The van der Waals surface area contributed by atoms with E-state index in [1.807, 2.05) is 19.1 Å². The first-order chi connectivity index (χ1) is 8.50. The zero-order valence-electron chi connectivity index (χ0n) is 10.7. The number of carbonyl (C=O) groups is 2. The summed E-state index contributed by atoms with van der Waals surface area (Å²) < 4.78 is 0. The van der Waals surface area contributed by atoms with Crippen LogP contribution in [0.4, 0.5) is 5.69 Å². The molecular weight excluding hydrogens is 230 g/mol. The number of hydrogen-bond donors (Lipinski definition) is 3. The predicted octanol–water partition coefficient (Wildman–Crippen LogP) is 0.625. The van der Waals surface area contributed by atoms with Crippen molar-refractivity contribution >= 4 is 17.5 Å². The molecule has 18 heavy (non-hydrogen) atoms. The van der Waals surface area contributed by atoms with Gasteiger partial charge < -0.3 is 16.4 Å². The summed E-state index contributed by atoms with van der Waals surface area (Å²) in [4.78, 5) is 22.5. The van der Waals surface area contributed by atoms with Crippen LogP contribution in [0.25, 0.3) is 0 Å². The molecule has 1 rings (SSSR count). The van der Waals surface area contributed by atoms with Gasteiger partial charge in [-0.1, -0.05) is 12.1 Å². The zero-order chi connectivity index (χ0) is 13.5. The number of anilines is 1. The van der Waals surface area contributed by atoms with Crippen molar-refractivity contribution in [2.75, 3.05) is 18.8 Å². The summed E-state index contributed by atoms with van der Waals surface area (Å²) in [5.41, 5.74) is 7.20. The van der Waals surface area contributed by atoms with Crippen LogP contribution in [0.15, 0.2) is 24.3 Å². The number of carbonyl (C=O) groups excluding carboxylic acids is 2. The van der Waals surface area contributed by atoms with Gasteiger partial charge in [-0.25, -0.2) is 0 Å². The maximum absolute atomic E-state index is 11.8. The maximum atomic E-state index is 11.8. The smallest absolute Gasteiger partial charge is 0.227 e. The molecule has 1 atom stereocenters. The molecule has 0 spiro atoms. The van der Waals surface area contributed by atoms with E-state index in [1.54, 1.807) is 12.1 Å². The summed E-state index contributed by atoms with van der Waals surface area (Å²) in [7, 11) is 0. The molecule has 2 amide bonds. The number of hydrogen-bond acceptors (Lipinski definition) is 3. The van der Waals surface area contributed by atoms with E-state index >= 15 is 0 Å². The Balaban J connectivity index is 2.44. The summed E-state index contributed by atoms with van der Waals surface area (Å²) in [5, 5.41) is 5.38. The Labute approximate surface area is 107 Å². The van der Waals surface area contributed by atoms with Crippen molar-refractivity contribution in [2.45, 2.75) is 19.8 Å². The molecule has 98 valence electrons. The SMILES string of the molecule is CC(=O)NCCNC(=O)C(C)c1cccc(N)c1. The minimum Gasteiger partial charge on any atom is -0.399 e. The van der Waals surface area contributed by atoms with E-state index in [1.165, 1.54) is 6.92 Å². The first-order valence-electron chi connectivity index (χ1n) is 5.88. The molecule has 0 radical (unpaired) electrons. The molecule has 0 saturated carbocycles. The largest absolute Gasteiger partial charge is 0.399 e. The molecule has 1 unspecified atom stereocenters. The summed E-state index contributed by atoms with van der Waals surface area (Å²) >= 11 is 0. The van der Waals surface area contributed by atoms with Crippen molar-refractivity contribution in [3.05, 3.63) is 29.8 Å². The fourth-order valence-corrected chi connectivity index (χ4v) is 1.56. The molecular formula is C13H19N3O2. The average molecular weight is 249 g/mol. The van der Waals surface area contributed by atoms with Crippen molar-refractivity contribution in [2.24, 2.45) is 0 Å². The standard InChI is InChI=1S/C13H19N3O2/c1-9(11-4-3-5-12(14)8-11)13(18)16-7-6-15-10(2)17/h3-5,8-9H,6-7,14H2,1-2H3,(H,15,17)(H,16,18). The fraction of sp³-hybridized carbons (Fsp3) is 0.385. The lowest BCUT2D eigenvalue weighted by atomic mass is 10.00. The van der Waals surface area contributed by atoms with Crippen LogP contribution < -0.4 is 16.4 Å². The molecule has 0 aliphatic heterocycles. The molecule has 5 nitrogen and oxygen atoms in total. The first kappa shape index (κ1) is 14.0. The van der Waals surface area contributed by atoms with E-state index in [9.17, 15) is 9.59 Å². The van der Waals surface area contributed by atoms with Crippen LogP contribution in [0.2, 0.25) is 0 Å². The maximum Gasteiger partial charge on any atom is 0.227 e. The van der Waals surface area contributed by atoms with Gasteiger partial charge >= 0.3 is 0 Å². The van der Waals surface area contributed by atoms with Crippen LogP contribution in [0.3, 0.4) is 0 Å². The van der Waals surface area contributed by atoms with E-state index in [4.69, 9.17) is 5.73 Å². The van der Waals surface area contributed by atoms with Gasteiger partial charge in [0.05, 0.1) is 5.92 Å². The Morgan fingerprint density at radius 2 is 1.94 bits per heavy atom. The van der Waals surface area contributed by atoms with Crippen LogP contribution in [0, 0.1) is 0 Å². The Bertz CT molecular complexity index is 432. The van der Waals surface area contributed by atoms with E-state index in [-0.39, 0.29) is 17.7 Å². The Morgan fingerprint density at radius 1 is 1.28 bits per heavy atom. The van der Waals surface area contributed by atoms with Gasteiger partial charge in [0.1, 0.15) is 0 Å². The van der Waals surface area contributed by atoms with Gasteiger partial charge in [0.15, 0.2) is 0 Å². The molecule has 4 N–H and O–H groups in total. The topological polar surface area (TPSA) is 84.2 Å². The third kappa shape index (κ3) is 4.45. The number of nitrogens with one attached hydrogen (secondary N) is 2. The summed E-state index contributed by atoms with van der Waals surface area (Å²) in [6, 6.07) is 7.27. The van der Waals surface area contributed by atoms with Gasteiger partial charge in [0, 0.05) is 25.7 Å². The zero-order valence-corrected chi connectivity index (χ0v) is 10.7. The van der Waals surface area contributed by atoms with Gasteiger partial charge in [0.2, 0.25) is 11.8 Å². The molecule has 0 fully saturated rings. The molecule has 0 saturated heterocycles. The lowest BCUT2D eigenvalue weighted by Gasteiger charge is -2.13. The van der Waals surface area contributed by atoms with Crippen molar-refractivity contribution in [1.29, 1.82) is 0 Å². The van der Waals surface area contributed by atoms with Gasteiger partial charge in [-0.2, -0.15) is 0 Å². The summed E-state index contributed by atoms with van der Waals surface area (Å²) in [5.74, 6) is -0.440. The Kier molecular flexibility index (Phi) is 5.17. The molecule has 0 aliphatic rings. The van der Waals surface area contributed by atoms with E-state index < -0.39 is 0 Å². The van der Waals surface area contributed by atoms with Crippen LogP contribution >= 0.6 is 0 Å². The number of rotatable bonds is 5. The average Bonchev–Trinajstić information content (AvgIpc) is 2.33. The highest BCUT2D eigenvalue weighted by molar-refractivity contribution is 5.83. The van der Waals surface area contributed by atoms with E-state index in [0.717, 1.165) is 5.56 Å². The second-order valence-corrected chi connectivity index (χ2v) is 4.17. The minimum atomic E-state index is -0.258. The van der Waals surface area contributed by atoms with Gasteiger partial charge in [-0.15, -0.1) is 0 Å². The van der Waals surface area contributed by atoms with Gasteiger partial charge in [0.25, 0.3) is 0 Å². The summed E-state index contributed by atoms with van der Waals surface area (Å²) in [6.45, 7) is 4.12. The van der Waals surface area contributed by atoms with Gasteiger partial charge in [-0.05, 0) is 24.6 Å². The normalized spacial score (nSPS) is 11.7. The number of amides is 2. The number of nitrogens with two attached hydrogens (primary N) is 1. The lowest BCUT2D eigenvalue weighted by Crippen LogP contribution is -2.35. The molecule has 1 aromatic rings. The highest BCUT2D eigenvalue weighted by atomic mass is 16.2. The van der Waals surface area contributed by atoms with Crippen LogP contribution in [-0.4, -0.2) is 24.9 Å². The fourth-order valence-electron chi connectivity index (χ4n) is 1.56. The molecule has 0 bridgehead atoms. The predicted molar refractivity (Wildman–Crippen MR) is 71.0 cm³/mol. The van der Waals surface area contributed by atoms with Crippen LogP contribution in [0.1, 0.15) is 25.3 Å². The highest BCUT2D eigenvalue weighted by Crippen LogP contribution is 2.17. The third-order valence-electron chi connectivity index (χ3n) is 2.60. The van der Waals surface area contributed by atoms with E-state index in [2.05, 4.69) is 10.6 Å². The second kappa shape index (κ2) is 6.64. The monoisotopic (exact) mass is 249 g/mol. The molecule has 0 aliphatic carbocycles. The van der Waals surface area contributed by atoms with Crippen molar-refractivity contribution in [3.8, 4) is 0 Å². The lowest BCUT2D eigenvalue weighted by molar-refractivity contribution is -0.123. The molecule has 0 aromatic heterocycles. The van der Waals surface area contributed by atoms with Crippen LogP contribution in [0.5, 0.6) is 0 Å². The number of nitrogen functional groups attached to an aromatic ring is 1. The highest BCUT2D eigenvalue weighted by Gasteiger charge is 2.14. The third-order valence-corrected chi connectivity index (χ3v) is 2.60. The van der Waals surface area contributed by atoms with Crippen LogP contribution in [-0.2, 0) is 9.59 Å².